The highest BCUT2D eigenvalue weighted by atomic mass is 16.6. The minimum atomic E-state index is 0.351. The molecule has 2 aliphatic heterocycles. The Morgan fingerprint density at radius 1 is 0.522 bits per heavy atom. The van der Waals surface area contributed by atoms with Crippen LogP contribution in [-0.4, -0.2) is 85.8 Å². The molecule has 1 aromatic heterocycles. The first-order valence-electron chi connectivity index (χ1n) is 24.7. The summed E-state index contributed by atoms with van der Waals surface area (Å²) < 4.78 is 16.1. The first kappa shape index (κ1) is 46.2. The predicted molar refractivity (Wildman–Crippen MR) is 270 cm³/mol. The second-order valence-electron chi connectivity index (χ2n) is 18.7. The number of hydrogen-bond acceptors (Lipinski definition) is 10. The first-order valence-corrected chi connectivity index (χ1v) is 24.7. The van der Waals surface area contributed by atoms with E-state index in [9.17, 15) is 0 Å². The van der Waals surface area contributed by atoms with Gasteiger partial charge in [0.25, 0.3) is 0 Å². The summed E-state index contributed by atoms with van der Waals surface area (Å²) in [6.07, 6.45) is 17.2. The van der Waals surface area contributed by atoms with E-state index < -0.39 is 0 Å². The highest BCUT2D eigenvalue weighted by molar-refractivity contribution is 6.06. The standard InChI is InChI=1S/C30H36N2O3.C27H31N3O2/c1-33-28-14-9-22(10-15-28)21-35-31-30(26-6-5-17-32(20-26)27-7-3-4-8-27)25-12-11-24-19-29(34-2)16-13-23(24)18-25;1-31-25-14-13-20-17-22(12-11-21(20)18-25)27(29-32-26-10-4-5-15-28-26)23-7-6-16-30(19-23)24-8-2-3-9-24/h9-16,18-19,26-27H,3-8,17,20-21H2,1-2H3;4-5,10-15,17-18,23-24H,2-3,6-9,16,19H2,1H3/b31-30-;29-27-. The quantitative estimate of drug-likeness (QED) is 0.0789. The Balaban J connectivity index is 0.000000169. The van der Waals surface area contributed by atoms with E-state index in [1.165, 1.54) is 93.5 Å². The molecular formula is C57H67N5O5. The number of oxime groups is 2. The van der Waals surface area contributed by atoms with Crippen LogP contribution < -0.4 is 19.0 Å². The maximum atomic E-state index is 5.98. The van der Waals surface area contributed by atoms with Gasteiger partial charge in [0.2, 0.25) is 5.88 Å². The Kier molecular flexibility index (Phi) is 15.6. The van der Waals surface area contributed by atoms with Gasteiger partial charge >= 0.3 is 0 Å². The number of piperidine rings is 2. The molecule has 2 aliphatic carbocycles. The van der Waals surface area contributed by atoms with E-state index in [0.717, 1.165) is 88.8 Å². The molecule has 0 bridgehead atoms. The van der Waals surface area contributed by atoms with Crippen molar-refractivity contribution in [2.45, 2.75) is 95.7 Å². The highest BCUT2D eigenvalue weighted by Gasteiger charge is 2.33. The molecule has 10 rings (SSSR count). The van der Waals surface area contributed by atoms with Crippen molar-refractivity contribution in [3.8, 4) is 23.1 Å². The molecule has 350 valence electrons. The van der Waals surface area contributed by atoms with Crippen LogP contribution in [-0.2, 0) is 11.4 Å². The number of rotatable bonds is 14. The third-order valence-corrected chi connectivity index (χ3v) is 14.5. The van der Waals surface area contributed by atoms with Gasteiger partial charge in [-0.3, -0.25) is 9.80 Å². The van der Waals surface area contributed by atoms with Crippen molar-refractivity contribution in [1.82, 2.24) is 14.8 Å². The van der Waals surface area contributed by atoms with Crippen molar-refractivity contribution < 1.29 is 23.9 Å². The van der Waals surface area contributed by atoms with Gasteiger partial charge in [-0.25, -0.2) is 4.98 Å². The van der Waals surface area contributed by atoms with Crippen molar-refractivity contribution in [1.29, 1.82) is 0 Å². The Bertz CT molecular complexity index is 2590. The minimum Gasteiger partial charge on any atom is -0.497 e. The molecule has 2 saturated carbocycles. The molecule has 2 atom stereocenters. The number of likely N-dealkylation sites (tertiary alicyclic amines) is 2. The van der Waals surface area contributed by atoms with Crippen LogP contribution in [0.15, 0.2) is 132 Å². The van der Waals surface area contributed by atoms with Gasteiger partial charge in [-0.15, -0.1) is 0 Å². The second-order valence-corrected chi connectivity index (χ2v) is 18.7. The highest BCUT2D eigenvalue weighted by Crippen LogP contribution is 2.33. The van der Waals surface area contributed by atoms with Gasteiger partial charge < -0.3 is 23.9 Å². The Morgan fingerprint density at radius 2 is 1.01 bits per heavy atom. The zero-order valence-electron chi connectivity index (χ0n) is 39.7. The van der Waals surface area contributed by atoms with Gasteiger partial charge in [0, 0.05) is 60.4 Å². The van der Waals surface area contributed by atoms with Gasteiger partial charge in [0.05, 0.1) is 32.8 Å². The minimum absolute atomic E-state index is 0.351. The summed E-state index contributed by atoms with van der Waals surface area (Å²) in [6.45, 7) is 4.97. The average molecular weight is 902 g/mol. The third-order valence-electron chi connectivity index (χ3n) is 14.5. The van der Waals surface area contributed by atoms with Crippen LogP contribution in [0.3, 0.4) is 0 Å². The molecule has 4 aliphatic rings. The van der Waals surface area contributed by atoms with Crippen molar-refractivity contribution >= 4 is 33.0 Å². The van der Waals surface area contributed by atoms with Crippen LogP contribution in [0.1, 0.15) is 93.7 Å². The number of methoxy groups -OCH3 is 3. The SMILES string of the molecule is COc1ccc(CO/N=C(/c2ccc3cc(OC)ccc3c2)C2CCCN(C3CCCC3)C2)cc1.COc1ccc2cc(/C(=N/Oc3ccccn3)C3CCCN(C4CCCC4)C3)ccc2c1. The fourth-order valence-electron chi connectivity index (χ4n) is 10.8. The maximum absolute atomic E-state index is 5.98. The monoisotopic (exact) mass is 902 g/mol. The predicted octanol–water partition coefficient (Wildman–Crippen LogP) is 12.1. The van der Waals surface area contributed by atoms with E-state index in [-0.39, 0.29) is 0 Å². The van der Waals surface area contributed by atoms with Gasteiger partial charge in [0.15, 0.2) is 0 Å². The normalized spacial score (nSPS) is 20.1. The number of aromatic nitrogens is 1. The summed E-state index contributed by atoms with van der Waals surface area (Å²) in [5.41, 5.74) is 5.44. The summed E-state index contributed by atoms with van der Waals surface area (Å²) >= 11 is 0. The van der Waals surface area contributed by atoms with Crippen molar-refractivity contribution in [2.75, 3.05) is 47.5 Å². The number of hydrogen-bond donors (Lipinski definition) is 0. The molecule has 0 N–H and O–H groups in total. The Morgan fingerprint density at radius 3 is 1.52 bits per heavy atom. The van der Waals surface area contributed by atoms with E-state index in [4.69, 9.17) is 34.2 Å². The fraction of sp³-hybridized carbons (Fsp3) is 0.421. The summed E-state index contributed by atoms with van der Waals surface area (Å²) in [6, 6.07) is 40.7. The zero-order valence-corrected chi connectivity index (χ0v) is 39.7. The van der Waals surface area contributed by atoms with Gasteiger partial charge in [-0.2, -0.15) is 0 Å². The lowest BCUT2D eigenvalue weighted by Crippen LogP contribution is -2.44. The molecule has 0 amide bonds. The Labute approximate surface area is 396 Å². The van der Waals surface area contributed by atoms with Crippen molar-refractivity contribution in [3.05, 3.63) is 138 Å². The first-order chi connectivity index (χ1) is 33.0. The van der Waals surface area contributed by atoms with E-state index in [1.54, 1.807) is 27.5 Å². The fourth-order valence-corrected chi connectivity index (χ4v) is 10.8. The van der Waals surface area contributed by atoms with E-state index >= 15 is 0 Å². The summed E-state index contributed by atoms with van der Waals surface area (Å²) in [5, 5.41) is 14.2. The van der Waals surface area contributed by atoms with Crippen molar-refractivity contribution in [3.63, 3.8) is 0 Å². The lowest BCUT2D eigenvalue weighted by molar-refractivity contribution is 0.121. The van der Waals surface area contributed by atoms with Crippen LogP contribution in [0, 0.1) is 11.8 Å². The van der Waals surface area contributed by atoms with E-state index in [2.05, 4.69) is 75.4 Å². The maximum Gasteiger partial charge on any atom is 0.248 e. The average Bonchev–Trinajstić information content (AvgIpc) is 4.15. The molecule has 10 nitrogen and oxygen atoms in total. The smallest absolute Gasteiger partial charge is 0.248 e. The molecule has 2 saturated heterocycles. The largest absolute Gasteiger partial charge is 0.497 e. The topological polar surface area (TPSA) is 90.2 Å². The number of benzene rings is 5. The molecule has 67 heavy (non-hydrogen) atoms. The number of ether oxygens (including phenoxy) is 3. The molecule has 0 spiro atoms. The van der Waals surface area contributed by atoms with Gasteiger partial charge in [-0.1, -0.05) is 90.6 Å². The number of nitrogens with zero attached hydrogens (tertiary/aromatic N) is 5. The molecule has 3 heterocycles. The van der Waals surface area contributed by atoms with Crippen LogP contribution in [0.4, 0.5) is 0 Å². The molecule has 6 aromatic rings. The molecule has 2 unspecified atom stereocenters. The van der Waals surface area contributed by atoms with Crippen LogP contribution in [0.2, 0.25) is 0 Å². The molecular weight excluding hydrogens is 835 g/mol. The lowest BCUT2D eigenvalue weighted by atomic mass is 9.87. The van der Waals surface area contributed by atoms with Gasteiger partial charge in [-0.05, 0) is 146 Å². The van der Waals surface area contributed by atoms with E-state index in [0.29, 0.717) is 24.3 Å². The zero-order chi connectivity index (χ0) is 45.8. The number of pyridine rings is 1. The van der Waals surface area contributed by atoms with Crippen LogP contribution in [0.25, 0.3) is 21.5 Å². The Hall–Kier alpha value is -5.97. The lowest BCUT2D eigenvalue weighted by Gasteiger charge is -2.37. The molecule has 4 fully saturated rings. The second kappa shape index (κ2) is 22.7. The van der Waals surface area contributed by atoms with Gasteiger partial charge in [0.1, 0.15) is 23.9 Å². The molecule has 5 aromatic carbocycles. The summed E-state index contributed by atoms with van der Waals surface area (Å²) in [4.78, 5) is 21.5. The van der Waals surface area contributed by atoms with Crippen LogP contribution >= 0.6 is 0 Å². The van der Waals surface area contributed by atoms with Crippen LogP contribution in [0.5, 0.6) is 23.1 Å². The van der Waals surface area contributed by atoms with Crippen molar-refractivity contribution in [2.24, 2.45) is 22.1 Å². The van der Waals surface area contributed by atoms with E-state index in [1.807, 2.05) is 54.6 Å². The molecule has 0 radical (unpaired) electrons. The molecule has 10 heteroatoms. The number of fused-ring (bicyclic) bond motifs is 2. The summed E-state index contributed by atoms with van der Waals surface area (Å²) in [7, 11) is 5.09. The third kappa shape index (κ3) is 11.8. The summed E-state index contributed by atoms with van der Waals surface area (Å²) in [5.74, 6) is 3.84.